The first-order valence-electron chi connectivity index (χ1n) is 14.4. The first kappa shape index (κ1) is 32.1. The summed E-state index contributed by atoms with van der Waals surface area (Å²) in [4.78, 5) is 86.2. The van der Waals surface area contributed by atoms with Crippen LogP contribution in [0.25, 0.3) is 17.1 Å². The van der Waals surface area contributed by atoms with Crippen molar-refractivity contribution in [1.82, 2.24) is 13.7 Å². The zero-order valence-electron chi connectivity index (χ0n) is 24.9. The molecule has 12 heteroatoms. The van der Waals surface area contributed by atoms with E-state index in [1.54, 1.807) is 66.8 Å². The summed E-state index contributed by atoms with van der Waals surface area (Å²) in [7, 11) is 0. The van der Waals surface area contributed by atoms with Gasteiger partial charge in [0.1, 0.15) is 0 Å². The van der Waals surface area contributed by atoms with Crippen molar-refractivity contribution < 1.29 is 14.4 Å². The third kappa shape index (κ3) is 6.59. The van der Waals surface area contributed by atoms with Gasteiger partial charge in [-0.1, -0.05) is 57.2 Å². The molecule has 228 valence electrons. The van der Waals surface area contributed by atoms with Crippen molar-refractivity contribution in [3.8, 4) is 17.1 Å². The lowest BCUT2D eigenvalue weighted by Crippen LogP contribution is -2.52. The second-order valence-corrected chi connectivity index (χ2v) is 10.1. The molecule has 0 radical (unpaired) electrons. The van der Waals surface area contributed by atoms with Crippen molar-refractivity contribution in [2.75, 3.05) is 0 Å². The summed E-state index contributed by atoms with van der Waals surface area (Å²) in [6, 6.07) is 17.7. The average molecular weight is 607 g/mol. The van der Waals surface area contributed by atoms with Crippen molar-refractivity contribution in [2.45, 2.75) is 58.2 Å². The van der Waals surface area contributed by atoms with Gasteiger partial charge in [0.05, 0.1) is 35.2 Å². The molecule has 12 nitrogen and oxygen atoms in total. The lowest BCUT2D eigenvalue weighted by molar-refractivity contribution is 0.555. The van der Waals surface area contributed by atoms with Crippen molar-refractivity contribution in [3.63, 3.8) is 0 Å². The van der Waals surface area contributed by atoms with E-state index in [0.717, 1.165) is 13.7 Å². The molecule has 0 amide bonds. The SMILES string of the molecule is CCC(N=C=O)c1ccc(-n2c(=O)n(-c3ccc(C(CC)N=C=O)cc3)c(=O)n(-c3cccc(C(CC)N=C=O)c3)c2=O)cc1. The Labute approximate surface area is 257 Å². The van der Waals surface area contributed by atoms with Crippen molar-refractivity contribution in [1.29, 1.82) is 0 Å². The van der Waals surface area contributed by atoms with Gasteiger partial charge in [0.25, 0.3) is 0 Å². The molecular weight excluding hydrogens is 576 g/mol. The first-order chi connectivity index (χ1) is 21.8. The van der Waals surface area contributed by atoms with Gasteiger partial charge in [0.2, 0.25) is 18.2 Å². The summed E-state index contributed by atoms with van der Waals surface area (Å²) in [5.41, 5.74) is -0.293. The van der Waals surface area contributed by atoms with E-state index in [4.69, 9.17) is 0 Å². The molecule has 3 aromatic carbocycles. The molecule has 3 unspecified atom stereocenters. The second-order valence-electron chi connectivity index (χ2n) is 10.1. The molecule has 0 aliphatic heterocycles. The molecule has 45 heavy (non-hydrogen) atoms. The molecule has 0 aliphatic carbocycles. The van der Waals surface area contributed by atoms with E-state index in [1.165, 1.54) is 24.3 Å². The Kier molecular flexibility index (Phi) is 10.4. The first-order valence-corrected chi connectivity index (χ1v) is 14.4. The van der Waals surface area contributed by atoms with Gasteiger partial charge < -0.3 is 0 Å². The number of benzene rings is 3. The standard InChI is InChI=1S/C33H30N6O6/c1-4-28(34-19-40)22-10-14-25(15-11-22)37-31(43)38(26-16-12-23(13-17-26)29(5-2)35-20-41)33(45)39(32(37)44)27-9-7-8-24(18-27)30(6-3)36-21-42/h7-18,28-30H,4-6H2,1-3H3. The van der Waals surface area contributed by atoms with Crippen LogP contribution in [0.2, 0.25) is 0 Å². The van der Waals surface area contributed by atoms with Crippen LogP contribution in [0.1, 0.15) is 74.8 Å². The predicted molar refractivity (Wildman–Crippen MR) is 167 cm³/mol. The van der Waals surface area contributed by atoms with Gasteiger partial charge in [-0.15, -0.1) is 0 Å². The highest BCUT2D eigenvalue weighted by Crippen LogP contribution is 2.24. The minimum atomic E-state index is -0.918. The summed E-state index contributed by atoms with van der Waals surface area (Å²) < 4.78 is 2.63. The second kappa shape index (κ2) is 14.6. The van der Waals surface area contributed by atoms with Crippen LogP contribution in [-0.2, 0) is 14.4 Å². The van der Waals surface area contributed by atoms with Crippen LogP contribution in [0, 0.1) is 0 Å². The van der Waals surface area contributed by atoms with Gasteiger partial charge >= 0.3 is 17.1 Å². The number of aliphatic imine (C=N–C) groups is 3. The highest BCUT2D eigenvalue weighted by atomic mass is 16.2. The quantitative estimate of drug-likeness (QED) is 0.171. The third-order valence-corrected chi connectivity index (χ3v) is 7.52. The molecule has 0 saturated carbocycles. The Hall–Kier alpha value is -5.79. The summed E-state index contributed by atoms with van der Waals surface area (Å²) in [6.45, 7) is 5.54. The molecule has 0 aliphatic rings. The number of aromatic nitrogens is 3. The number of hydrogen-bond acceptors (Lipinski definition) is 9. The fraction of sp³-hybridized carbons (Fsp3) is 0.273. The minimum Gasteiger partial charge on any atom is -0.246 e. The summed E-state index contributed by atoms with van der Waals surface area (Å²) >= 11 is 0. The Morgan fingerprint density at radius 2 is 0.867 bits per heavy atom. The maximum absolute atomic E-state index is 14.0. The van der Waals surface area contributed by atoms with Crippen molar-refractivity contribution in [2.24, 2.45) is 15.0 Å². The molecule has 4 aromatic rings. The maximum Gasteiger partial charge on any atom is 0.345 e. The van der Waals surface area contributed by atoms with E-state index in [2.05, 4.69) is 15.0 Å². The zero-order valence-corrected chi connectivity index (χ0v) is 24.9. The Balaban J connectivity index is 2.01. The lowest BCUT2D eigenvalue weighted by Gasteiger charge is -2.17. The molecule has 3 atom stereocenters. The average Bonchev–Trinajstić information content (AvgIpc) is 3.06. The van der Waals surface area contributed by atoms with Crippen LogP contribution in [0.3, 0.4) is 0 Å². The number of rotatable bonds is 12. The molecule has 1 aromatic heterocycles. The van der Waals surface area contributed by atoms with E-state index in [-0.39, 0.29) is 17.1 Å². The molecule has 0 bridgehead atoms. The lowest BCUT2D eigenvalue weighted by atomic mass is 10.0. The Morgan fingerprint density at radius 1 is 0.511 bits per heavy atom. The summed E-state index contributed by atoms with van der Waals surface area (Å²) in [6.07, 6.45) is 6.21. The van der Waals surface area contributed by atoms with Crippen molar-refractivity contribution >= 4 is 18.2 Å². The van der Waals surface area contributed by atoms with E-state index >= 15 is 0 Å². The minimum absolute atomic E-state index is 0.163. The highest BCUT2D eigenvalue weighted by molar-refractivity contribution is 5.43. The van der Waals surface area contributed by atoms with Gasteiger partial charge in [-0.25, -0.2) is 42.5 Å². The van der Waals surface area contributed by atoms with Gasteiger partial charge in [-0.05, 0) is 72.4 Å². The van der Waals surface area contributed by atoms with Crippen LogP contribution >= 0.6 is 0 Å². The predicted octanol–water partition coefficient (Wildman–Crippen LogP) is 4.50. The summed E-state index contributed by atoms with van der Waals surface area (Å²) in [5.74, 6) is 0. The van der Waals surface area contributed by atoms with Gasteiger partial charge in [0, 0.05) is 0 Å². The van der Waals surface area contributed by atoms with E-state index in [1.807, 2.05) is 20.8 Å². The molecule has 0 fully saturated rings. The van der Waals surface area contributed by atoms with Crippen LogP contribution in [-0.4, -0.2) is 31.9 Å². The van der Waals surface area contributed by atoms with Crippen molar-refractivity contribution in [3.05, 3.63) is 121 Å². The van der Waals surface area contributed by atoms with E-state index < -0.39 is 35.2 Å². The number of hydrogen-bond donors (Lipinski definition) is 0. The van der Waals surface area contributed by atoms with Gasteiger partial charge in [-0.3, -0.25) is 0 Å². The molecule has 0 spiro atoms. The largest absolute Gasteiger partial charge is 0.345 e. The molecular formula is C33H30N6O6. The monoisotopic (exact) mass is 606 g/mol. The zero-order chi connectivity index (χ0) is 32.5. The summed E-state index contributed by atoms with van der Waals surface area (Å²) in [5, 5.41) is 0. The molecule has 0 N–H and O–H groups in total. The third-order valence-electron chi connectivity index (χ3n) is 7.52. The molecule has 0 saturated heterocycles. The Morgan fingerprint density at radius 3 is 1.22 bits per heavy atom. The van der Waals surface area contributed by atoms with Crippen LogP contribution in [0.5, 0.6) is 0 Å². The van der Waals surface area contributed by atoms with Gasteiger partial charge in [-0.2, -0.15) is 15.0 Å². The fourth-order valence-corrected chi connectivity index (χ4v) is 5.17. The molecule has 4 rings (SSSR count). The smallest absolute Gasteiger partial charge is 0.246 e. The topological polar surface area (TPSA) is 154 Å². The number of carbonyl (C=O) groups excluding carboxylic acids is 3. The number of isocyanates is 3. The highest BCUT2D eigenvalue weighted by Gasteiger charge is 2.21. The normalized spacial score (nSPS) is 12.6. The number of nitrogens with zero attached hydrogens (tertiary/aromatic N) is 6. The van der Waals surface area contributed by atoms with Crippen LogP contribution in [0.15, 0.2) is 102 Å². The Bertz CT molecular complexity index is 1900. The van der Waals surface area contributed by atoms with E-state index in [9.17, 15) is 28.8 Å². The van der Waals surface area contributed by atoms with Gasteiger partial charge in [0.15, 0.2) is 0 Å². The molecule has 1 heterocycles. The van der Waals surface area contributed by atoms with E-state index in [0.29, 0.717) is 36.0 Å². The van der Waals surface area contributed by atoms with Crippen LogP contribution in [0.4, 0.5) is 0 Å². The fourth-order valence-electron chi connectivity index (χ4n) is 5.17. The van der Waals surface area contributed by atoms with Crippen LogP contribution < -0.4 is 17.1 Å². The maximum atomic E-state index is 14.0.